The first-order valence-corrected chi connectivity index (χ1v) is 30.9. The van der Waals surface area contributed by atoms with Crippen molar-refractivity contribution in [2.75, 3.05) is 56.0 Å². The molecule has 21 aliphatic rings. The van der Waals surface area contributed by atoms with Crippen LogP contribution < -0.4 is 11.5 Å². The molecule has 36 nitrogen and oxygen atoms in total. The number of aliphatic carboxylic acids is 2. The molecule has 2 aliphatic carbocycles. The zero-order valence-corrected chi connectivity index (χ0v) is 48.5. The maximum Gasteiger partial charge on any atom is 0.321 e. The van der Waals surface area contributed by atoms with E-state index in [9.17, 15) is 112 Å². The molecular formula is C50H84N2O34S2. The molecule has 19 saturated heterocycles. The van der Waals surface area contributed by atoms with E-state index >= 15 is 0 Å². The van der Waals surface area contributed by atoms with Crippen LogP contribution in [0.15, 0.2) is 0 Å². The maximum atomic E-state index is 11.8. The highest BCUT2D eigenvalue weighted by atomic mass is 32.2. The molecule has 0 aromatic carbocycles. The number of carboxylic acid groups (broad SMARTS) is 2. The molecule has 24 N–H and O–H groups in total. The molecule has 21 rings (SSSR count). The standard InChI is InChI=1S/C50H84N2O34S2/c51-15(44(71)72)10-87-9-14-2-20-27(60)29(62)39(14)75-19-1-13(4-53)38(28(61)26(19)59)83-48-35(68)31(64)41(23(7-56)80-48)85-49-36(69)32(65)42(24(8-57)81-49)86-50-37(70)33(66)43(25(82-50)12-88-11-16(52)45(73)74)84-46-17(58)3-18(21(5-54)78-46)77-47-34(67)30(63)40(76-20)22(6-55)79-47/h13-43,46-50,53-70H,1-12,51-52H2,(H,71,72)(H,73,74)/t13?,14?,15-,16-,17?,18+,19+,20+,21?,22?,23?,24?,25?,26?,27?,28-,29-,30-,31-,32-,33-,34?,35?,36?,37?,38-,39-,40-,41-,42-,43-,46+,47-,48-,49-,50+/m1/s1. The van der Waals surface area contributed by atoms with Crippen molar-refractivity contribution in [3.05, 3.63) is 0 Å². The van der Waals surface area contributed by atoms with Crippen molar-refractivity contribution in [2.45, 2.75) is 228 Å². The molecule has 14 unspecified atom stereocenters. The van der Waals surface area contributed by atoms with Gasteiger partial charge in [-0.05, 0) is 24.5 Å². The van der Waals surface area contributed by atoms with Gasteiger partial charge in [0.15, 0.2) is 31.5 Å². The van der Waals surface area contributed by atoms with E-state index < -0.39 is 272 Å². The number of carbonyl (C=O) groups is 2. The predicted molar refractivity (Wildman–Crippen MR) is 285 cm³/mol. The van der Waals surface area contributed by atoms with Crippen molar-refractivity contribution in [1.82, 2.24) is 0 Å². The largest absolute Gasteiger partial charge is 0.480 e. The number of thioether (sulfide) groups is 2. The number of hydrogen-bond donors (Lipinski definition) is 22. The molecule has 19 heterocycles. The summed E-state index contributed by atoms with van der Waals surface area (Å²) >= 11 is 1.84. The smallest absolute Gasteiger partial charge is 0.321 e. The molecule has 510 valence electrons. The van der Waals surface area contributed by atoms with Crippen LogP contribution in [-0.2, 0) is 66.4 Å². The van der Waals surface area contributed by atoms with E-state index in [4.69, 9.17) is 68.3 Å². The number of rotatable bonds is 15. The van der Waals surface area contributed by atoms with Crippen molar-refractivity contribution in [2.24, 2.45) is 23.3 Å². The fourth-order valence-electron chi connectivity index (χ4n) is 12.1. The van der Waals surface area contributed by atoms with E-state index in [1.807, 2.05) is 0 Å². The summed E-state index contributed by atoms with van der Waals surface area (Å²) in [7, 11) is 0. The Balaban J connectivity index is 1.10. The highest BCUT2D eigenvalue weighted by Crippen LogP contribution is 2.42. The number of nitrogens with two attached hydrogens (primary N) is 2. The van der Waals surface area contributed by atoms with Crippen molar-refractivity contribution >= 4 is 35.5 Å². The second-order valence-corrected chi connectivity index (χ2v) is 25.3. The fraction of sp³-hybridized carbons (Fsp3) is 0.960. The maximum absolute atomic E-state index is 11.8. The third kappa shape index (κ3) is 15.8. The average molecular weight is 1320 g/mol. The van der Waals surface area contributed by atoms with Crippen LogP contribution in [0.3, 0.4) is 0 Å². The van der Waals surface area contributed by atoms with Crippen LogP contribution in [0.4, 0.5) is 0 Å². The van der Waals surface area contributed by atoms with Crippen molar-refractivity contribution in [3.63, 3.8) is 0 Å². The second kappa shape index (κ2) is 31.7. The Kier molecular flexibility index (Phi) is 26.0. The zero-order valence-electron chi connectivity index (χ0n) is 46.9. The Hall–Kier alpha value is -1.64. The molecule has 14 bridgehead atoms. The third-order valence-electron chi connectivity index (χ3n) is 17.1. The van der Waals surface area contributed by atoms with E-state index in [0.29, 0.717) is 0 Å². The molecule has 0 radical (unpaired) electrons. The van der Waals surface area contributed by atoms with Gasteiger partial charge in [0, 0.05) is 36.2 Å². The highest BCUT2D eigenvalue weighted by molar-refractivity contribution is 7.99. The molecule has 0 amide bonds. The number of aliphatic hydroxyl groups excluding tert-OH is 18. The van der Waals surface area contributed by atoms with Gasteiger partial charge in [-0.15, -0.1) is 0 Å². The van der Waals surface area contributed by atoms with E-state index in [1.165, 1.54) is 0 Å². The lowest BCUT2D eigenvalue weighted by Crippen LogP contribution is -2.67. The lowest BCUT2D eigenvalue weighted by molar-refractivity contribution is -0.388. The minimum Gasteiger partial charge on any atom is -0.480 e. The van der Waals surface area contributed by atoms with Gasteiger partial charge in [-0.25, -0.2) is 0 Å². The van der Waals surface area contributed by atoms with Gasteiger partial charge in [0.1, 0.15) is 140 Å². The van der Waals surface area contributed by atoms with Gasteiger partial charge >= 0.3 is 11.9 Å². The van der Waals surface area contributed by atoms with Gasteiger partial charge < -0.3 is 170 Å². The summed E-state index contributed by atoms with van der Waals surface area (Å²) in [5, 5.41) is 223. The van der Waals surface area contributed by atoms with Gasteiger partial charge in [0.05, 0.1) is 63.1 Å². The number of ether oxygens (including phenoxy) is 12. The van der Waals surface area contributed by atoms with Crippen molar-refractivity contribution < 1.29 is 169 Å². The summed E-state index contributed by atoms with van der Waals surface area (Å²) in [5.41, 5.74) is 11.5. The average Bonchev–Trinajstić information content (AvgIpc) is 1.96. The highest BCUT2D eigenvalue weighted by Gasteiger charge is 2.58. The van der Waals surface area contributed by atoms with E-state index in [-0.39, 0.29) is 35.9 Å². The molecule has 0 spiro atoms. The summed E-state index contributed by atoms with van der Waals surface area (Å²) in [6.45, 7) is -4.73. The Morgan fingerprint density at radius 3 is 1.10 bits per heavy atom. The molecule has 21 fully saturated rings. The van der Waals surface area contributed by atoms with Crippen LogP contribution in [0.5, 0.6) is 0 Å². The van der Waals surface area contributed by atoms with Crippen LogP contribution in [0.25, 0.3) is 0 Å². The molecule has 36 atom stereocenters. The molecule has 0 aromatic heterocycles. The summed E-state index contributed by atoms with van der Waals surface area (Å²) in [6.07, 6.45) is -60.4. The van der Waals surface area contributed by atoms with E-state index in [2.05, 4.69) is 0 Å². The molecule has 2 saturated carbocycles. The first-order valence-electron chi connectivity index (χ1n) is 28.6. The Labute approximate surface area is 509 Å². The van der Waals surface area contributed by atoms with E-state index in [1.54, 1.807) is 0 Å². The van der Waals surface area contributed by atoms with Crippen LogP contribution in [-0.4, -0.2) is 378 Å². The van der Waals surface area contributed by atoms with Gasteiger partial charge in [-0.3, -0.25) is 9.59 Å². The molecule has 38 heteroatoms. The van der Waals surface area contributed by atoms with Gasteiger partial charge in [0.2, 0.25) is 0 Å². The van der Waals surface area contributed by atoms with Crippen LogP contribution in [0, 0.1) is 11.8 Å². The monoisotopic (exact) mass is 1320 g/mol. The summed E-state index contributed by atoms with van der Waals surface area (Å²) < 4.78 is 71.5. The lowest BCUT2D eigenvalue weighted by atomic mass is 9.78. The van der Waals surface area contributed by atoms with Gasteiger partial charge in [-0.2, -0.15) is 23.5 Å². The molecule has 19 aliphatic heterocycles. The van der Waals surface area contributed by atoms with Crippen LogP contribution >= 0.6 is 23.5 Å². The molecular weight excluding hydrogens is 1240 g/mol. The Morgan fingerprint density at radius 1 is 0.341 bits per heavy atom. The second-order valence-electron chi connectivity index (χ2n) is 23.1. The number of hydrogen-bond acceptors (Lipinski definition) is 36. The summed E-state index contributed by atoms with van der Waals surface area (Å²) in [6, 6.07) is -2.79. The van der Waals surface area contributed by atoms with Gasteiger partial charge in [0.25, 0.3) is 0 Å². The number of carboxylic acids is 2. The summed E-state index contributed by atoms with van der Waals surface area (Å²) in [5.74, 6) is -5.78. The van der Waals surface area contributed by atoms with Crippen LogP contribution in [0.2, 0.25) is 0 Å². The fourth-order valence-corrected chi connectivity index (χ4v) is 14.3. The quantitative estimate of drug-likeness (QED) is 0.0724. The first-order chi connectivity index (χ1) is 41.8. The normalized spacial score (nSPS) is 49.7. The molecule has 0 aromatic rings. The SMILES string of the molecule is N[C@H](CSCC1C[C@@H]2O[C@@H]3C(CO)O[C@@H](O[C@H]4CC(O)[C@@H](OC4CO)O[C@@H]4C(CSC[C@@H](N)C(=O)O)O[C@@H](O[C@@H]5C(CO)O[C@H](O[C@@H]6C(CO)O[C@H](O[C@@H]7C(CO)C[C@H](O[C@H]1[C@H](O)C2O)C(O)[C@H]7O)C(O)[C@H]6O)C(O)[C@H]5O)C(O)[C@H]4O)C(O)[C@H]3O)C(=O)O. The van der Waals surface area contributed by atoms with Crippen molar-refractivity contribution in [3.8, 4) is 0 Å². The Morgan fingerprint density at radius 2 is 0.670 bits per heavy atom. The number of aliphatic hydroxyl groups is 18. The Bertz CT molecular complexity index is 2190. The summed E-state index contributed by atoms with van der Waals surface area (Å²) in [4.78, 5) is 23.3. The minimum atomic E-state index is -2.21. The lowest BCUT2D eigenvalue weighted by Gasteiger charge is -2.50. The first kappa shape index (κ1) is 72.2. The van der Waals surface area contributed by atoms with Gasteiger partial charge in [-0.1, -0.05) is 0 Å². The van der Waals surface area contributed by atoms with Crippen LogP contribution in [0.1, 0.15) is 19.3 Å². The predicted octanol–water partition coefficient (Wildman–Crippen LogP) is -12.6. The minimum absolute atomic E-state index is 0.0884. The van der Waals surface area contributed by atoms with Crippen molar-refractivity contribution in [1.29, 1.82) is 0 Å². The zero-order chi connectivity index (χ0) is 64.3. The third-order valence-corrected chi connectivity index (χ3v) is 19.6. The topological polar surface area (TPSA) is 602 Å². The molecule has 88 heavy (non-hydrogen) atoms. The van der Waals surface area contributed by atoms with E-state index in [0.717, 1.165) is 23.5 Å².